The van der Waals surface area contributed by atoms with Gasteiger partial charge in [0.1, 0.15) is 0 Å². The van der Waals surface area contributed by atoms with Crippen LogP contribution in [0.4, 0.5) is 11.5 Å². The van der Waals surface area contributed by atoms with Crippen LogP contribution >= 0.6 is 0 Å². The van der Waals surface area contributed by atoms with Gasteiger partial charge in [-0.2, -0.15) is 0 Å². The number of carbonyl (C=O) groups is 1. The fourth-order valence-electron chi connectivity index (χ4n) is 5.84. The summed E-state index contributed by atoms with van der Waals surface area (Å²) in [5, 5.41) is 3.40. The molecule has 0 aliphatic rings. The molecule has 0 bridgehead atoms. The first kappa shape index (κ1) is 24.6. The van der Waals surface area contributed by atoms with Crippen molar-refractivity contribution in [2.75, 3.05) is 11.4 Å². The Morgan fingerprint density at radius 3 is 2.51 bits per heavy atom. The lowest BCUT2D eigenvalue weighted by atomic mass is 9.99. The monoisotopic (exact) mass is 536 g/mol. The maximum absolute atomic E-state index is 12.6. The SMILES string of the molecule is CCN(c1cn(C)cn1)c1cc(-n2c3ccccc3c3c(-c4cnc5ccccc5c4)cccc32)ccc1C(N)=O. The molecule has 7 nitrogen and oxygen atoms in total. The molecule has 0 atom stereocenters. The smallest absolute Gasteiger partial charge is 0.250 e. The second kappa shape index (κ2) is 9.64. The van der Waals surface area contributed by atoms with Crippen LogP contribution in [0.15, 0.2) is 110 Å². The van der Waals surface area contributed by atoms with Gasteiger partial charge in [-0.3, -0.25) is 9.78 Å². The first-order valence-electron chi connectivity index (χ1n) is 13.6. The Bertz CT molecular complexity index is 2100. The number of hydrogen-bond donors (Lipinski definition) is 1. The van der Waals surface area contributed by atoms with E-state index in [-0.39, 0.29) is 0 Å². The van der Waals surface area contributed by atoms with Crippen molar-refractivity contribution in [3.05, 3.63) is 115 Å². The van der Waals surface area contributed by atoms with Crippen LogP contribution in [-0.2, 0) is 7.05 Å². The van der Waals surface area contributed by atoms with Crippen molar-refractivity contribution in [1.29, 1.82) is 0 Å². The number of benzene rings is 4. The average molecular weight is 537 g/mol. The third-order valence-electron chi connectivity index (χ3n) is 7.68. The van der Waals surface area contributed by atoms with E-state index in [4.69, 9.17) is 10.7 Å². The van der Waals surface area contributed by atoms with Gasteiger partial charge < -0.3 is 19.8 Å². The van der Waals surface area contributed by atoms with Crippen LogP contribution in [0, 0.1) is 0 Å². The molecule has 0 unspecified atom stereocenters. The van der Waals surface area contributed by atoms with Gasteiger partial charge in [-0.25, -0.2) is 4.98 Å². The molecule has 0 fully saturated rings. The summed E-state index contributed by atoms with van der Waals surface area (Å²) in [6.45, 7) is 2.66. The maximum Gasteiger partial charge on any atom is 0.250 e. The van der Waals surface area contributed by atoms with E-state index in [1.807, 2.05) is 72.2 Å². The predicted molar refractivity (Wildman–Crippen MR) is 166 cm³/mol. The van der Waals surface area contributed by atoms with Gasteiger partial charge in [-0.1, -0.05) is 48.5 Å². The number of aromatic nitrogens is 4. The third-order valence-corrected chi connectivity index (χ3v) is 7.68. The molecular formula is C34H28N6O. The predicted octanol–water partition coefficient (Wildman–Crippen LogP) is 6.99. The van der Waals surface area contributed by atoms with Crippen LogP contribution in [0.2, 0.25) is 0 Å². The lowest BCUT2D eigenvalue weighted by Gasteiger charge is -2.24. The fraction of sp³-hybridized carbons (Fsp3) is 0.0882. The minimum absolute atomic E-state index is 0.449. The van der Waals surface area contributed by atoms with Crippen LogP contribution < -0.4 is 10.6 Å². The zero-order valence-electron chi connectivity index (χ0n) is 22.8. The molecule has 0 spiro atoms. The van der Waals surface area contributed by atoms with Gasteiger partial charge >= 0.3 is 0 Å². The molecule has 2 N–H and O–H groups in total. The van der Waals surface area contributed by atoms with Crippen molar-refractivity contribution >= 4 is 50.1 Å². The van der Waals surface area contributed by atoms with Gasteiger partial charge in [0.05, 0.1) is 34.1 Å². The quantitative estimate of drug-likeness (QED) is 0.248. The largest absolute Gasteiger partial charge is 0.366 e. The zero-order chi connectivity index (χ0) is 28.1. The highest BCUT2D eigenvalue weighted by atomic mass is 16.1. The molecule has 7 rings (SSSR count). The van der Waals surface area contributed by atoms with E-state index in [0.29, 0.717) is 12.1 Å². The number of anilines is 2. The maximum atomic E-state index is 12.6. The van der Waals surface area contributed by atoms with Crippen LogP contribution in [0.25, 0.3) is 49.5 Å². The fourth-order valence-corrected chi connectivity index (χ4v) is 5.84. The number of carbonyl (C=O) groups excluding carboxylic acids is 1. The molecule has 0 saturated carbocycles. The normalized spacial score (nSPS) is 11.5. The molecule has 41 heavy (non-hydrogen) atoms. The number of para-hydroxylation sites is 2. The number of amides is 1. The number of rotatable bonds is 6. The molecule has 7 heteroatoms. The van der Waals surface area contributed by atoms with E-state index in [1.54, 1.807) is 6.33 Å². The number of fused-ring (bicyclic) bond motifs is 4. The highest BCUT2D eigenvalue weighted by Crippen LogP contribution is 2.40. The molecule has 0 saturated heterocycles. The first-order chi connectivity index (χ1) is 20.0. The zero-order valence-corrected chi connectivity index (χ0v) is 22.8. The molecule has 0 radical (unpaired) electrons. The summed E-state index contributed by atoms with van der Waals surface area (Å²) in [6.07, 6.45) is 5.64. The number of aryl methyl sites for hydroxylation is 1. The minimum atomic E-state index is -0.478. The second-order valence-corrected chi connectivity index (χ2v) is 10.2. The van der Waals surface area contributed by atoms with Gasteiger partial charge in [-0.05, 0) is 55.0 Å². The van der Waals surface area contributed by atoms with E-state index in [0.717, 1.165) is 61.0 Å². The number of primary amides is 1. The van der Waals surface area contributed by atoms with Crippen LogP contribution in [-0.4, -0.2) is 31.6 Å². The number of hydrogen-bond acceptors (Lipinski definition) is 4. The average Bonchev–Trinajstić information content (AvgIpc) is 3.58. The van der Waals surface area contributed by atoms with Crippen molar-refractivity contribution < 1.29 is 4.79 Å². The van der Waals surface area contributed by atoms with E-state index in [2.05, 4.69) is 64.1 Å². The Kier molecular flexibility index (Phi) is 5.78. The van der Waals surface area contributed by atoms with Crippen molar-refractivity contribution in [2.45, 2.75) is 6.92 Å². The van der Waals surface area contributed by atoms with E-state index in [9.17, 15) is 4.79 Å². The molecule has 3 heterocycles. The third kappa shape index (κ3) is 4.02. The Morgan fingerprint density at radius 2 is 1.71 bits per heavy atom. The molecule has 7 aromatic rings. The number of pyridine rings is 1. The number of nitrogens with two attached hydrogens (primary N) is 1. The van der Waals surface area contributed by atoms with E-state index >= 15 is 0 Å². The topological polar surface area (TPSA) is 82.0 Å². The summed E-state index contributed by atoms with van der Waals surface area (Å²) in [6, 6.07) is 31.0. The van der Waals surface area contributed by atoms with Crippen LogP contribution in [0.1, 0.15) is 17.3 Å². The van der Waals surface area contributed by atoms with Crippen molar-refractivity contribution in [1.82, 2.24) is 19.1 Å². The first-order valence-corrected chi connectivity index (χ1v) is 13.6. The molecular weight excluding hydrogens is 508 g/mol. The van der Waals surface area contributed by atoms with Gasteiger partial charge in [0.25, 0.3) is 5.91 Å². The Hall–Kier alpha value is -5.43. The molecule has 1 amide bonds. The Morgan fingerprint density at radius 1 is 0.902 bits per heavy atom. The minimum Gasteiger partial charge on any atom is -0.366 e. The molecule has 4 aromatic carbocycles. The molecule has 0 aliphatic carbocycles. The lowest BCUT2D eigenvalue weighted by Crippen LogP contribution is -2.22. The molecule has 200 valence electrons. The summed E-state index contributed by atoms with van der Waals surface area (Å²) in [7, 11) is 1.93. The van der Waals surface area contributed by atoms with Gasteiger partial charge in [-0.15, -0.1) is 0 Å². The molecule has 3 aromatic heterocycles. The van der Waals surface area contributed by atoms with Crippen molar-refractivity contribution in [3.63, 3.8) is 0 Å². The summed E-state index contributed by atoms with van der Waals surface area (Å²) < 4.78 is 4.14. The standard InChI is InChI=1S/C34H28N6O/c1-3-39(32-20-38(2)21-37-32)31-18-24(15-16-27(31)34(35)41)40-29-13-7-5-10-26(29)33-25(11-8-14-30(33)40)23-17-22-9-4-6-12-28(22)36-19-23/h4-21H,3H2,1-2H3,(H2,35,41). The van der Waals surface area contributed by atoms with E-state index < -0.39 is 5.91 Å². The second-order valence-electron chi connectivity index (χ2n) is 10.2. The van der Waals surface area contributed by atoms with E-state index in [1.165, 1.54) is 0 Å². The van der Waals surface area contributed by atoms with Crippen LogP contribution in [0.5, 0.6) is 0 Å². The number of nitrogens with zero attached hydrogens (tertiary/aromatic N) is 5. The highest BCUT2D eigenvalue weighted by Gasteiger charge is 2.21. The summed E-state index contributed by atoms with van der Waals surface area (Å²) >= 11 is 0. The summed E-state index contributed by atoms with van der Waals surface area (Å²) in [5.74, 6) is 0.275. The van der Waals surface area contributed by atoms with Gasteiger partial charge in [0.2, 0.25) is 0 Å². The Labute approximate surface area is 237 Å². The number of imidazole rings is 1. The van der Waals surface area contributed by atoms with Crippen molar-refractivity contribution in [3.8, 4) is 16.8 Å². The lowest BCUT2D eigenvalue weighted by molar-refractivity contribution is 0.100. The Balaban J connectivity index is 1.49. The molecule has 0 aliphatic heterocycles. The van der Waals surface area contributed by atoms with Gasteiger partial charge in [0, 0.05) is 53.4 Å². The summed E-state index contributed by atoms with van der Waals surface area (Å²) in [4.78, 5) is 23.9. The summed E-state index contributed by atoms with van der Waals surface area (Å²) in [5.41, 5.74) is 13.3. The van der Waals surface area contributed by atoms with Crippen LogP contribution in [0.3, 0.4) is 0 Å². The van der Waals surface area contributed by atoms with Gasteiger partial charge in [0.15, 0.2) is 5.82 Å². The van der Waals surface area contributed by atoms with Crippen molar-refractivity contribution in [2.24, 2.45) is 12.8 Å². The highest BCUT2D eigenvalue weighted by molar-refractivity contribution is 6.16.